The van der Waals surface area contributed by atoms with E-state index in [4.69, 9.17) is 11.6 Å². The van der Waals surface area contributed by atoms with E-state index in [0.717, 1.165) is 36.5 Å². The third-order valence-corrected chi connectivity index (χ3v) is 5.73. The highest BCUT2D eigenvalue weighted by atomic mass is 127. The van der Waals surface area contributed by atoms with Gasteiger partial charge in [0.05, 0.1) is 10.9 Å². The Morgan fingerprint density at radius 1 is 1.40 bits per heavy atom. The molecule has 1 aliphatic carbocycles. The quantitative estimate of drug-likeness (QED) is 0.291. The van der Waals surface area contributed by atoms with Crippen LogP contribution >= 0.6 is 46.9 Å². The molecule has 2 rings (SSSR count). The Hall–Kier alpha value is -0.0900. The Morgan fingerprint density at radius 3 is 2.72 bits per heavy atom. The van der Waals surface area contributed by atoms with E-state index in [0.29, 0.717) is 10.9 Å². The van der Waals surface area contributed by atoms with Crippen LogP contribution in [-0.2, 0) is 0 Å². The van der Waals surface area contributed by atoms with E-state index in [2.05, 4.69) is 27.6 Å². The smallest absolute Gasteiger partial charge is 0.191 e. The summed E-state index contributed by atoms with van der Waals surface area (Å²) in [6, 6.07) is 4.39. The van der Waals surface area contributed by atoms with Crippen LogP contribution in [0.5, 0.6) is 0 Å². The first-order chi connectivity index (χ1) is 11.6. The molecule has 1 fully saturated rings. The summed E-state index contributed by atoms with van der Waals surface area (Å²) in [5.74, 6) is 0.749. The number of nitrogens with zero attached hydrogens (tertiary/aromatic N) is 2. The fourth-order valence-corrected chi connectivity index (χ4v) is 4.03. The zero-order valence-electron chi connectivity index (χ0n) is 15.0. The Kier molecular flexibility index (Phi) is 11.3. The third kappa shape index (κ3) is 7.99. The number of guanidine groups is 1. The van der Waals surface area contributed by atoms with Crippen LogP contribution in [0.3, 0.4) is 0 Å². The van der Waals surface area contributed by atoms with Gasteiger partial charge < -0.3 is 20.6 Å². The van der Waals surface area contributed by atoms with Crippen LogP contribution in [-0.4, -0.2) is 55.2 Å². The average molecular weight is 501 g/mol. The number of aliphatic imine (C=N–C) groups is 1. The van der Waals surface area contributed by atoms with Crippen molar-refractivity contribution < 1.29 is 5.11 Å². The fourth-order valence-electron chi connectivity index (χ4n) is 3.00. The van der Waals surface area contributed by atoms with Gasteiger partial charge in [-0.05, 0) is 38.9 Å². The summed E-state index contributed by atoms with van der Waals surface area (Å²) in [5.41, 5.74) is 0. The largest absolute Gasteiger partial charge is 0.386 e. The van der Waals surface area contributed by atoms with E-state index in [1.54, 1.807) is 6.07 Å². The van der Waals surface area contributed by atoms with Crippen LogP contribution in [0.2, 0.25) is 4.34 Å². The van der Waals surface area contributed by atoms with Gasteiger partial charge in [0.25, 0.3) is 0 Å². The monoisotopic (exact) mass is 500 g/mol. The number of aliphatic hydroxyl groups excluding tert-OH is 1. The summed E-state index contributed by atoms with van der Waals surface area (Å²) >= 11 is 7.31. The average Bonchev–Trinajstić information content (AvgIpc) is 3.23. The minimum Gasteiger partial charge on any atom is -0.386 e. The molecule has 1 aliphatic rings. The number of halogens is 2. The standard InChI is InChI=1S/C17H29ClN4OS.HI/c1-3-19-17(20-10-11-22(2)13-6-4-5-7-13)21-12-14(23)15-8-9-16(18)24-15;/h8-9,13-14,23H,3-7,10-12H2,1-2H3,(H2,19,20,21);1H. The number of rotatable bonds is 8. The lowest BCUT2D eigenvalue weighted by atomic mass is 10.2. The third-order valence-electron chi connectivity index (χ3n) is 4.39. The minimum atomic E-state index is -0.612. The molecule has 1 saturated carbocycles. The SMILES string of the molecule is CCNC(=NCC(O)c1ccc(Cl)s1)NCCN(C)C1CCCC1.I. The van der Waals surface area contributed by atoms with Crippen LogP contribution in [0.15, 0.2) is 17.1 Å². The van der Waals surface area contributed by atoms with Crippen molar-refractivity contribution in [2.45, 2.75) is 44.8 Å². The summed E-state index contributed by atoms with van der Waals surface area (Å²) in [7, 11) is 2.20. The lowest BCUT2D eigenvalue weighted by molar-refractivity contribution is 0.191. The lowest BCUT2D eigenvalue weighted by Crippen LogP contribution is -2.42. The summed E-state index contributed by atoms with van der Waals surface area (Å²) in [4.78, 5) is 7.77. The molecule has 0 aliphatic heterocycles. The number of hydrogen-bond acceptors (Lipinski definition) is 4. The molecule has 0 aromatic carbocycles. The summed E-state index contributed by atoms with van der Waals surface area (Å²) in [5, 5.41) is 16.8. The van der Waals surface area contributed by atoms with Gasteiger partial charge in [0.15, 0.2) is 5.96 Å². The van der Waals surface area contributed by atoms with Crippen LogP contribution in [0.1, 0.15) is 43.6 Å². The van der Waals surface area contributed by atoms with E-state index >= 15 is 0 Å². The normalized spacial score (nSPS) is 16.8. The summed E-state index contributed by atoms with van der Waals surface area (Å²) in [6.45, 7) is 5.01. The van der Waals surface area contributed by atoms with Crippen molar-refractivity contribution in [3.05, 3.63) is 21.3 Å². The predicted molar refractivity (Wildman–Crippen MR) is 119 cm³/mol. The van der Waals surface area contributed by atoms with Crippen LogP contribution in [0.4, 0.5) is 0 Å². The second-order valence-corrected chi connectivity index (χ2v) is 7.97. The highest BCUT2D eigenvalue weighted by molar-refractivity contribution is 14.0. The molecule has 1 aromatic heterocycles. The van der Waals surface area contributed by atoms with Gasteiger partial charge >= 0.3 is 0 Å². The Bertz CT molecular complexity index is 523. The van der Waals surface area contributed by atoms with Gasteiger partial charge in [-0.2, -0.15) is 0 Å². The molecule has 1 atom stereocenters. The van der Waals surface area contributed by atoms with E-state index in [-0.39, 0.29) is 24.0 Å². The fraction of sp³-hybridized carbons (Fsp3) is 0.706. The predicted octanol–water partition coefficient (Wildman–Crippen LogP) is 3.48. The van der Waals surface area contributed by atoms with Crippen molar-refractivity contribution in [3.8, 4) is 0 Å². The molecular formula is C17H30ClIN4OS. The van der Waals surface area contributed by atoms with Crippen LogP contribution in [0.25, 0.3) is 0 Å². The Labute approximate surface area is 177 Å². The molecule has 1 heterocycles. The molecule has 0 radical (unpaired) electrons. The molecule has 144 valence electrons. The molecule has 0 spiro atoms. The van der Waals surface area contributed by atoms with Gasteiger partial charge in [-0.3, -0.25) is 4.99 Å². The van der Waals surface area contributed by atoms with Crippen LogP contribution < -0.4 is 10.6 Å². The number of thiophene rings is 1. The second-order valence-electron chi connectivity index (χ2n) is 6.22. The molecule has 1 aromatic rings. The first-order valence-corrected chi connectivity index (χ1v) is 9.95. The molecule has 25 heavy (non-hydrogen) atoms. The van der Waals surface area contributed by atoms with Gasteiger partial charge in [-0.15, -0.1) is 35.3 Å². The molecule has 1 unspecified atom stereocenters. The molecule has 0 saturated heterocycles. The number of nitrogens with one attached hydrogen (secondary N) is 2. The maximum atomic E-state index is 10.2. The highest BCUT2D eigenvalue weighted by Crippen LogP contribution is 2.26. The van der Waals surface area contributed by atoms with Crippen molar-refractivity contribution >= 4 is 52.9 Å². The van der Waals surface area contributed by atoms with E-state index < -0.39 is 6.10 Å². The number of hydrogen-bond donors (Lipinski definition) is 3. The Balaban J connectivity index is 0.00000312. The zero-order chi connectivity index (χ0) is 17.4. The van der Waals surface area contributed by atoms with Crippen molar-refractivity contribution in [2.24, 2.45) is 4.99 Å². The van der Waals surface area contributed by atoms with Gasteiger partial charge in [-0.1, -0.05) is 24.4 Å². The van der Waals surface area contributed by atoms with Crippen molar-refractivity contribution in [1.82, 2.24) is 15.5 Å². The maximum absolute atomic E-state index is 10.2. The van der Waals surface area contributed by atoms with Crippen molar-refractivity contribution in [2.75, 3.05) is 33.2 Å². The van der Waals surface area contributed by atoms with Gasteiger partial charge in [0.1, 0.15) is 6.10 Å². The Morgan fingerprint density at radius 2 is 2.12 bits per heavy atom. The maximum Gasteiger partial charge on any atom is 0.191 e. The molecule has 5 nitrogen and oxygen atoms in total. The second kappa shape index (κ2) is 12.3. The van der Waals surface area contributed by atoms with E-state index in [9.17, 15) is 5.11 Å². The minimum absolute atomic E-state index is 0. The molecule has 3 N–H and O–H groups in total. The van der Waals surface area contributed by atoms with Gasteiger partial charge in [0.2, 0.25) is 0 Å². The van der Waals surface area contributed by atoms with Gasteiger partial charge in [0, 0.05) is 30.6 Å². The van der Waals surface area contributed by atoms with Crippen molar-refractivity contribution in [1.29, 1.82) is 0 Å². The number of likely N-dealkylation sites (N-methyl/N-ethyl adjacent to an activating group) is 1. The molecular weight excluding hydrogens is 471 g/mol. The summed E-state index contributed by atoms with van der Waals surface area (Å²) in [6.07, 6.45) is 4.74. The van der Waals surface area contributed by atoms with Crippen molar-refractivity contribution in [3.63, 3.8) is 0 Å². The van der Waals surface area contributed by atoms with Gasteiger partial charge in [-0.25, -0.2) is 0 Å². The zero-order valence-corrected chi connectivity index (χ0v) is 18.9. The number of aliphatic hydroxyl groups is 1. The van der Waals surface area contributed by atoms with E-state index in [1.165, 1.54) is 37.0 Å². The van der Waals surface area contributed by atoms with E-state index in [1.807, 2.05) is 13.0 Å². The topological polar surface area (TPSA) is 59.9 Å². The van der Waals surface area contributed by atoms with Crippen LogP contribution in [0, 0.1) is 0 Å². The lowest BCUT2D eigenvalue weighted by Gasteiger charge is -2.24. The molecule has 8 heteroatoms. The summed E-state index contributed by atoms with van der Waals surface area (Å²) < 4.78 is 0.688. The molecule has 0 bridgehead atoms. The highest BCUT2D eigenvalue weighted by Gasteiger charge is 2.18. The first kappa shape index (κ1) is 23.0. The molecule has 0 amide bonds. The first-order valence-electron chi connectivity index (χ1n) is 8.76.